The van der Waals surface area contributed by atoms with Gasteiger partial charge in [-0.3, -0.25) is 4.79 Å². The van der Waals surface area contributed by atoms with Crippen molar-refractivity contribution in [3.63, 3.8) is 0 Å². The molecule has 1 N–H and O–H groups in total. The molecule has 1 amide bonds. The highest BCUT2D eigenvalue weighted by Crippen LogP contribution is 2.28. The number of rotatable bonds is 5. The minimum absolute atomic E-state index is 0.243. The van der Waals surface area contributed by atoms with E-state index in [2.05, 4.69) is 35.1 Å². The quantitative estimate of drug-likeness (QED) is 0.609. The predicted octanol–water partition coefficient (Wildman–Crippen LogP) is 3.49. The molecule has 1 rings (SSSR count). The zero-order chi connectivity index (χ0) is 12.0. The Morgan fingerprint density at radius 1 is 1.31 bits per heavy atom. The predicted molar refractivity (Wildman–Crippen MR) is 71.8 cm³/mol. The molecule has 0 heterocycles. The Bertz CT molecular complexity index is 220. The summed E-state index contributed by atoms with van der Waals surface area (Å²) in [6.07, 6.45) is 6.44. The van der Waals surface area contributed by atoms with E-state index in [1.165, 1.54) is 12.8 Å². The number of carbonyl (C=O) groups excluding carboxylic acids is 1. The van der Waals surface area contributed by atoms with Gasteiger partial charge in [0.1, 0.15) is 0 Å². The Morgan fingerprint density at radius 2 is 2.06 bits per heavy atom. The van der Waals surface area contributed by atoms with Gasteiger partial charge in [-0.1, -0.05) is 29.8 Å². The van der Waals surface area contributed by atoms with E-state index in [0.29, 0.717) is 18.4 Å². The molecule has 1 saturated carbocycles. The fourth-order valence-corrected chi connectivity index (χ4v) is 2.94. The molecule has 0 aliphatic heterocycles. The van der Waals surface area contributed by atoms with Crippen molar-refractivity contribution in [2.75, 3.05) is 5.33 Å². The smallest absolute Gasteiger partial charge is 0.220 e. The maximum Gasteiger partial charge on any atom is 0.220 e. The molecular weight excluding hydrogens is 266 g/mol. The molecule has 1 aliphatic carbocycles. The van der Waals surface area contributed by atoms with Crippen LogP contribution in [0, 0.1) is 11.8 Å². The van der Waals surface area contributed by atoms with E-state index in [1.54, 1.807) is 0 Å². The summed E-state index contributed by atoms with van der Waals surface area (Å²) in [5.74, 6) is 1.72. The minimum Gasteiger partial charge on any atom is -0.353 e. The summed E-state index contributed by atoms with van der Waals surface area (Å²) < 4.78 is 0. The van der Waals surface area contributed by atoms with Gasteiger partial charge in [0.2, 0.25) is 5.91 Å². The van der Waals surface area contributed by atoms with Crippen LogP contribution >= 0.6 is 15.9 Å². The second-order valence-corrected chi connectivity index (χ2v) is 6.01. The van der Waals surface area contributed by atoms with Crippen LogP contribution in [0.4, 0.5) is 0 Å². The van der Waals surface area contributed by atoms with Crippen molar-refractivity contribution in [3.8, 4) is 0 Å². The molecule has 0 aromatic heterocycles. The molecule has 0 aromatic rings. The van der Waals surface area contributed by atoms with Gasteiger partial charge in [0.05, 0.1) is 0 Å². The lowest BCUT2D eigenvalue weighted by Gasteiger charge is -2.33. The van der Waals surface area contributed by atoms with E-state index in [1.807, 2.05) is 0 Å². The summed E-state index contributed by atoms with van der Waals surface area (Å²) >= 11 is 3.38. The standard InChI is InChI=1S/C13H24BrNO/c1-10-6-7-12(11(2)9-10)15-13(16)5-3-4-8-14/h10-12H,3-9H2,1-2H3,(H,15,16). The Balaban J connectivity index is 2.22. The summed E-state index contributed by atoms with van der Waals surface area (Å²) in [7, 11) is 0. The molecule has 3 atom stereocenters. The molecule has 16 heavy (non-hydrogen) atoms. The van der Waals surface area contributed by atoms with E-state index >= 15 is 0 Å². The lowest BCUT2D eigenvalue weighted by molar-refractivity contribution is -0.122. The van der Waals surface area contributed by atoms with Crippen molar-refractivity contribution in [2.45, 2.75) is 58.4 Å². The molecule has 0 bridgehead atoms. The third kappa shape index (κ3) is 4.86. The molecule has 3 heteroatoms. The highest BCUT2D eigenvalue weighted by atomic mass is 79.9. The van der Waals surface area contributed by atoms with Gasteiger partial charge in [0, 0.05) is 17.8 Å². The number of unbranched alkanes of at least 4 members (excludes halogenated alkanes) is 1. The van der Waals surface area contributed by atoms with Gasteiger partial charge in [-0.05, 0) is 43.9 Å². The van der Waals surface area contributed by atoms with Gasteiger partial charge in [0.15, 0.2) is 0 Å². The van der Waals surface area contributed by atoms with E-state index in [4.69, 9.17) is 0 Å². The van der Waals surface area contributed by atoms with E-state index in [-0.39, 0.29) is 5.91 Å². The van der Waals surface area contributed by atoms with Crippen molar-refractivity contribution < 1.29 is 4.79 Å². The number of amides is 1. The molecule has 1 aliphatic rings. The highest BCUT2D eigenvalue weighted by Gasteiger charge is 2.26. The molecule has 2 nitrogen and oxygen atoms in total. The summed E-state index contributed by atoms with van der Waals surface area (Å²) in [6, 6.07) is 0.424. The molecular formula is C13H24BrNO. The monoisotopic (exact) mass is 289 g/mol. The van der Waals surface area contributed by atoms with Crippen molar-refractivity contribution in [3.05, 3.63) is 0 Å². The summed E-state index contributed by atoms with van der Waals surface area (Å²) in [4.78, 5) is 11.7. The van der Waals surface area contributed by atoms with Crippen LogP contribution in [0.5, 0.6) is 0 Å². The molecule has 1 fully saturated rings. The maximum absolute atomic E-state index is 11.7. The van der Waals surface area contributed by atoms with E-state index in [9.17, 15) is 4.79 Å². The number of nitrogens with one attached hydrogen (secondary N) is 1. The molecule has 3 unspecified atom stereocenters. The Labute approximate surface area is 108 Å². The normalized spacial score (nSPS) is 30.1. The molecule has 0 radical (unpaired) electrons. The second-order valence-electron chi connectivity index (χ2n) is 5.22. The lowest BCUT2D eigenvalue weighted by atomic mass is 9.80. The summed E-state index contributed by atoms with van der Waals surface area (Å²) in [6.45, 7) is 4.57. The third-order valence-electron chi connectivity index (χ3n) is 3.57. The van der Waals surface area contributed by atoms with Gasteiger partial charge in [-0.15, -0.1) is 0 Å². The first kappa shape index (κ1) is 14.0. The van der Waals surface area contributed by atoms with Crippen molar-refractivity contribution in [1.82, 2.24) is 5.32 Å². The molecule has 0 saturated heterocycles. The van der Waals surface area contributed by atoms with Gasteiger partial charge in [-0.2, -0.15) is 0 Å². The van der Waals surface area contributed by atoms with Crippen LogP contribution in [-0.4, -0.2) is 17.3 Å². The first-order chi connectivity index (χ1) is 7.63. The molecule has 94 valence electrons. The fraction of sp³-hybridized carbons (Fsp3) is 0.923. The van der Waals surface area contributed by atoms with Crippen LogP contribution in [0.25, 0.3) is 0 Å². The maximum atomic E-state index is 11.7. The van der Waals surface area contributed by atoms with Crippen LogP contribution in [0.15, 0.2) is 0 Å². The van der Waals surface area contributed by atoms with E-state index < -0.39 is 0 Å². The zero-order valence-corrected chi connectivity index (χ0v) is 12.1. The summed E-state index contributed by atoms with van der Waals surface area (Å²) in [5, 5.41) is 4.19. The van der Waals surface area contributed by atoms with Gasteiger partial charge in [-0.25, -0.2) is 0 Å². The first-order valence-corrected chi connectivity index (χ1v) is 7.61. The molecule has 0 spiro atoms. The van der Waals surface area contributed by atoms with E-state index in [0.717, 1.165) is 30.5 Å². The van der Waals surface area contributed by atoms with Crippen molar-refractivity contribution in [2.24, 2.45) is 11.8 Å². The van der Waals surface area contributed by atoms with Gasteiger partial charge in [0.25, 0.3) is 0 Å². The SMILES string of the molecule is CC1CCC(NC(=O)CCCCBr)C(C)C1. The third-order valence-corrected chi connectivity index (χ3v) is 4.13. The number of alkyl halides is 1. The Kier molecular flexibility index (Phi) is 6.40. The average Bonchev–Trinajstić information content (AvgIpc) is 2.23. The van der Waals surface area contributed by atoms with Crippen LogP contribution in [0.3, 0.4) is 0 Å². The van der Waals surface area contributed by atoms with Crippen molar-refractivity contribution >= 4 is 21.8 Å². The largest absolute Gasteiger partial charge is 0.353 e. The average molecular weight is 290 g/mol. The number of hydrogen-bond donors (Lipinski definition) is 1. The number of halogens is 1. The fourth-order valence-electron chi connectivity index (χ4n) is 2.54. The van der Waals surface area contributed by atoms with Crippen LogP contribution in [0.2, 0.25) is 0 Å². The Morgan fingerprint density at radius 3 is 2.69 bits per heavy atom. The minimum atomic E-state index is 0.243. The van der Waals surface area contributed by atoms with Crippen LogP contribution in [-0.2, 0) is 4.79 Å². The van der Waals surface area contributed by atoms with Gasteiger partial charge >= 0.3 is 0 Å². The second kappa shape index (κ2) is 7.31. The van der Waals surface area contributed by atoms with Gasteiger partial charge < -0.3 is 5.32 Å². The highest BCUT2D eigenvalue weighted by molar-refractivity contribution is 9.09. The first-order valence-electron chi connectivity index (χ1n) is 6.48. The van der Waals surface area contributed by atoms with Crippen molar-refractivity contribution in [1.29, 1.82) is 0 Å². The summed E-state index contributed by atoms with van der Waals surface area (Å²) in [5.41, 5.74) is 0. The van der Waals surface area contributed by atoms with Crippen LogP contribution in [0.1, 0.15) is 52.4 Å². The lowest BCUT2D eigenvalue weighted by Crippen LogP contribution is -2.42. The number of hydrogen-bond acceptors (Lipinski definition) is 1. The molecule has 0 aromatic carbocycles. The topological polar surface area (TPSA) is 29.1 Å². The number of carbonyl (C=O) groups is 1. The Hall–Kier alpha value is -0.0500. The van der Waals surface area contributed by atoms with Crippen LogP contribution < -0.4 is 5.32 Å². The zero-order valence-electron chi connectivity index (χ0n) is 10.5.